The zero-order valence-corrected chi connectivity index (χ0v) is 10.3. The lowest BCUT2D eigenvalue weighted by molar-refractivity contribution is -0.0979. The number of nitrogens with two attached hydrogens (primary N) is 1. The lowest BCUT2D eigenvalue weighted by atomic mass is 10.3. The summed E-state index contributed by atoms with van der Waals surface area (Å²) >= 11 is 5.48. The van der Waals surface area contributed by atoms with Gasteiger partial charge < -0.3 is 20.7 Å². The van der Waals surface area contributed by atoms with Gasteiger partial charge in [-0.3, -0.25) is 0 Å². The first-order valence-corrected chi connectivity index (χ1v) is 5.23. The standard InChI is InChI=1S/C6H5ClO.C6H7NO.CH2O/c2*7-5-2-1-3-6(8)4-5;1-2/h1-4,8H;1-4,8H,7H2;1H2. The molecule has 0 amide bonds. The predicted octanol–water partition coefficient (Wildman–Crippen LogP) is 2.84. The van der Waals surface area contributed by atoms with E-state index >= 15 is 0 Å². The Morgan fingerprint density at radius 1 is 0.944 bits per heavy atom. The number of carbonyl (C=O) groups excluding carboxylic acids is 1. The van der Waals surface area contributed by atoms with Crippen molar-refractivity contribution in [2.75, 3.05) is 5.73 Å². The molecule has 0 radical (unpaired) electrons. The van der Waals surface area contributed by atoms with Crippen LogP contribution >= 0.6 is 11.6 Å². The van der Waals surface area contributed by atoms with Crippen LogP contribution in [0.1, 0.15) is 0 Å². The van der Waals surface area contributed by atoms with Crippen molar-refractivity contribution in [2.24, 2.45) is 0 Å². The third-order valence-corrected chi connectivity index (χ3v) is 1.91. The molecule has 0 fully saturated rings. The molecule has 4 nitrogen and oxygen atoms in total. The molecule has 0 aromatic heterocycles. The highest BCUT2D eigenvalue weighted by Crippen LogP contribution is 2.14. The van der Waals surface area contributed by atoms with Crippen LogP contribution in [0, 0.1) is 0 Å². The molecule has 0 aliphatic heterocycles. The second kappa shape index (κ2) is 8.90. The van der Waals surface area contributed by atoms with Gasteiger partial charge in [-0.15, -0.1) is 0 Å². The first kappa shape index (κ1) is 15.8. The minimum Gasteiger partial charge on any atom is -0.508 e. The van der Waals surface area contributed by atoms with Crippen LogP contribution in [-0.4, -0.2) is 17.0 Å². The Balaban J connectivity index is 0.000000283. The molecule has 5 heteroatoms. The second-order valence-electron chi connectivity index (χ2n) is 3.07. The van der Waals surface area contributed by atoms with Crippen molar-refractivity contribution in [2.45, 2.75) is 0 Å². The number of rotatable bonds is 0. The van der Waals surface area contributed by atoms with Crippen LogP contribution < -0.4 is 5.73 Å². The summed E-state index contributed by atoms with van der Waals surface area (Å²) in [5.74, 6) is 0.419. The molecular weight excluding hydrogens is 254 g/mol. The molecule has 18 heavy (non-hydrogen) atoms. The van der Waals surface area contributed by atoms with E-state index in [0.29, 0.717) is 10.7 Å². The molecule has 0 saturated carbocycles. The summed E-state index contributed by atoms with van der Waals surface area (Å²) in [5, 5.41) is 18.0. The number of halogens is 1. The molecular formula is C13H14ClNO3. The Morgan fingerprint density at radius 3 is 1.72 bits per heavy atom. The summed E-state index contributed by atoms with van der Waals surface area (Å²) in [6.45, 7) is 2.00. The molecule has 2 aromatic rings. The number of anilines is 1. The van der Waals surface area contributed by atoms with Crippen LogP contribution in [-0.2, 0) is 4.79 Å². The molecule has 0 atom stereocenters. The molecule has 0 bridgehead atoms. The summed E-state index contributed by atoms with van der Waals surface area (Å²) in [6.07, 6.45) is 0. The molecule has 2 aromatic carbocycles. The van der Waals surface area contributed by atoms with Gasteiger partial charge in [-0.1, -0.05) is 23.7 Å². The Morgan fingerprint density at radius 2 is 1.44 bits per heavy atom. The summed E-state index contributed by atoms with van der Waals surface area (Å²) in [4.78, 5) is 8.00. The van der Waals surface area contributed by atoms with Crippen molar-refractivity contribution in [3.05, 3.63) is 53.6 Å². The maximum atomic E-state index is 8.73. The van der Waals surface area contributed by atoms with Gasteiger partial charge in [0.2, 0.25) is 0 Å². The fraction of sp³-hybridized carbons (Fsp3) is 0. The van der Waals surface area contributed by atoms with Gasteiger partial charge in [0.15, 0.2) is 0 Å². The topological polar surface area (TPSA) is 83.6 Å². The molecule has 0 saturated heterocycles. The molecule has 0 heterocycles. The van der Waals surface area contributed by atoms with Crippen molar-refractivity contribution in [3.8, 4) is 11.5 Å². The lowest BCUT2D eigenvalue weighted by Gasteiger charge is -1.90. The van der Waals surface area contributed by atoms with Crippen LogP contribution in [0.4, 0.5) is 5.69 Å². The average Bonchev–Trinajstić information content (AvgIpc) is 2.31. The van der Waals surface area contributed by atoms with Gasteiger partial charge >= 0.3 is 0 Å². The predicted molar refractivity (Wildman–Crippen MR) is 72.8 cm³/mol. The van der Waals surface area contributed by atoms with Gasteiger partial charge in [0.1, 0.15) is 18.3 Å². The fourth-order valence-electron chi connectivity index (χ4n) is 1.00. The number of hydrogen-bond acceptors (Lipinski definition) is 4. The zero-order valence-electron chi connectivity index (χ0n) is 9.58. The molecule has 4 N–H and O–H groups in total. The molecule has 0 unspecified atom stereocenters. The number of phenols is 2. The van der Waals surface area contributed by atoms with E-state index in [4.69, 9.17) is 32.3 Å². The highest BCUT2D eigenvalue weighted by Gasteiger charge is 1.85. The summed E-state index contributed by atoms with van der Waals surface area (Å²) < 4.78 is 0. The van der Waals surface area contributed by atoms with Crippen LogP contribution in [0.5, 0.6) is 11.5 Å². The fourth-order valence-corrected chi connectivity index (χ4v) is 1.19. The van der Waals surface area contributed by atoms with E-state index in [9.17, 15) is 0 Å². The Bertz CT molecular complexity index is 399. The summed E-state index contributed by atoms with van der Waals surface area (Å²) in [6, 6.07) is 13.0. The van der Waals surface area contributed by atoms with Gasteiger partial charge in [0.05, 0.1) is 0 Å². The number of phenolic OH excluding ortho intramolecular Hbond substituents is 2. The van der Waals surface area contributed by atoms with Crippen molar-refractivity contribution >= 4 is 24.1 Å². The largest absolute Gasteiger partial charge is 0.508 e. The first-order valence-electron chi connectivity index (χ1n) is 4.86. The second-order valence-corrected chi connectivity index (χ2v) is 3.51. The Hall–Kier alpha value is -2.20. The minimum atomic E-state index is 0.206. The minimum absolute atomic E-state index is 0.206. The third kappa shape index (κ3) is 7.14. The van der Waals surface area contributed by atoms with E-state index in [2.05, 4.69) is 0 Å². The van der Waals surface area contributed by atoms with Crippen molar-refractivity contribution in [1.82, 2.24) is 0 Å². The van der Waals surface area contributed by atoms with E-state index in [0.717, 1.165) is 0 Å². The van der Waals surface area contributed by atoms with E-state index in [1.54, 1.807) is 36.4 Å². The highest BCUT2D eigenvalue weighted by molar-refractivity contribution is 6.30. The van der Waals surface area contributed by atoms with Crippen molar-refractivity contribution in [3.63, 3.8) is 0 Å². The SMILES string of the molecule is C=O.Nc1cccc(O)c1.Oc1cccc(Cl)c1. The average molecular weight is 268 g/mol. The Labute approximate surface area is 110 Å². The van der Waals surface area contributed by atoms with E-state index in [1.165, 1.54) is 12.1 Å². The third-order valence-electron chi connectivity index (χ3n) is 1.68. The van der Waals surface area contributed by atoms with E-state index in [1.807, 2.05) is 6.79 Å². The molecule has 2 rings (SSSR count). The van der Waals surface area contributed by atoms with Crippen LogP contribution in [0.15, 0.2) is 48.5 Å². The maximum absolute atomic E-state index is 8.73. The smallest absolute Gasteiger partial charge is 0.117 e. The van der Waals surface area contributed by atoms with Gasteiger partial charge in [-0.2, -0.15) is 0 Å². The lowest BCUT2D eigenvalue weighted by Crippen LogP contribution is -1.80. The van der Waals surface area contributed by atoms with Gasteiger partial charge in [0.25, 0.3) is 0 Å². The normalized spacial score (nSPS) is 8.28. The van der Waals surface area contributed by atoms with Crippen LogP contribution in [0.2, 0.25) is 5.02 Å². The molecule has 0 aliphatic rings. The number of nitrogen functional groups attached to an aromatic ring is 1. The van der Waals surface area contributed by atoms with Gasteiger partial charge in [-0.25, -0.2) is 0 Å². The summed E-state index contributed by atoms with van der Waals surface area (Å²) in [7, 11) is 0. The van der Waals surface area contributed by atoms with E-state index < -0.39 is 0 Å². The quantitative estimate of drug-likeness (QED) is 0.641. The number of carbonyl (C=O) groups is 1. The Kier molecular flexibility index (Phi) is 7.81. The zero-order chi connectivity index (χ0) is 14.0. The number of benzene rings is 2. The maximum Gasteiger partial charge on any atom is 0.117 e. The number of hydrogen-bond donors (Lipinski definition) is 3. The monoisotopic (exact) mass is 267 g/mol. The van der Waals surface area contributed by atoms with Crippen molar-refractivity contribution in [1.29, 1.82) is 0 Å². The van der Waals surface area contributed by atoms with E-state index in [-0.39, 0.29) is 11.5 Å². The van der Waals surface area contributed by atoms with Gasteiger partial charge in [0, 0.05) is 16.8 Å². The molecule has 0 aliphatic carbocycles. The summed E-state index contributed by atoms with van der Waals surface area (Å²) in [5.41, 5.74) is 5.89. The number of aromatic hydroxyl groups is 2. The highest BCUT2D eigenvalue weighted by atomic mass is 35.5. The molecule has 96 valence electrons. The van der Waals surface area contributed by atoms with Gasteiger partial charge in [-0.05, 0) is 30.3 Å². The van der Waals surface area contributed by atoms with Crippen molar-refractivity contribution < 1.29 is 15.0 Å². The first-order chi connectivity index (χ1) is 8.58. The van der Waals surface area contributed by atoms with Crippen LogP contribution in [0.3, 0.4) is 0 Å². The molecule has 0 spiro atoms. The van der Waals surface area contributed by atoms with Crippen LogP contribution in [0.25, 0.3) is 0 Å².